The van der Waals surface area contributed by atoms with E-state index in [9.17, 15) is 9.59 Å². The number of hydrogen-bond acceptors (Lipinski definition) is 5. The number of aromatic carboxylic acids is 1. The zero-order chi connectivity index (χ0) is 19.0. The first-order chi connectivity index (χ1) is 13.0. The van der Waals surface area contributed by atoms with Crippen LogP contribution in [0.1, 0.15) is 39.8 Å². The molecule has 1 aromatic heterocycles. The molecule has 0 fully saturated rings. The molecule has 0 saturated carbocycles. The van der Waals surface area contributed by atoms with E-state index in [2.05, 4.69) is 15.3 Å². The van der Waals surface area contributed by atoms with Crippen LogP contribution in [0.4, 0.5) is 5.69 Å². The van der Waals surface area contributed by atoms with Crippen molar-refractivity contribution in [1.82, 2.24) is 9.97 Å². The van der Waals surface area contributed by atoms with Gasteiger partial charge in [-0.15, -0.1) is 0 Å². The summed E-state index contributed by atoms with van der Waals surface area (Å²) in [6, 6.07) is 10.6. The average molecular weight is 365 g/mol. The summed E-state index contributed by atoms with van der Waals surface area (Å²) in [6.45, 7) is 0.263. The minimum absolute atomic E-state index is 0.0677. The molecule has 1 aliphatic carbocycles. The maximum Gasteiger partial charge on any atom is 0.335 e. The van der Waals surface area contributed by atoms with Gasteiger partial charge in [0, 0.05) is 12.8 Å². The van der Waals surface area contributed by atoms with Crippen LogP contribution in [-0.2, 0) is 17.8 Å². The smallest absolute Gasteiger partial charge is 0.335 e. The number of carboxylic acids is 1. The Balaban J connectivity index is 1.65. The van der Waals surface area contributed by atoms with Gasteiger partial charge in [-0.1, -0.05) is 0 Å². The van der Waals surface area contributed by atoms with Crippen molar-refractivity contribution in [1.29, 1.82) is 0 Å². The maximum absolute atomic E-state index is 12.4. The number of aryl methyl sites for hydroxylation is 1. The van der Waals surface area contributed by atoms with Crippen molar-refractivity contribution < 1.29 is 14.6 Å². The van der Waals surface area contributed by atoms with Crippen LogP contribution < -0.4 is 10.9 Å². The molecule has 0 amide bonds. The summed E-state index contributed by atoms with van der Waals surface area (Å²) in [5, 5.41) is 13.0. The maximum atomic E-state index is 12.4. The lowest BCUT2D eigenvalue weighted by Gasteiger charge is -2.16. The van der Waals surface area contributed by atoms with E-state index in [1.807, 2.05) is 12.1 Å². The van der Waals surface area contributed by atoms with E-state index in [1.54, 1.807) is 31.4 Å². The molecule has 2 aromatic carbocycles. The number of nitrogens with zero attached hydrogens (tertiary/aromatic N) is 1. The van der Waals surface area contributed by atoms with Gasteiger partial charge >= 0.3 is 5.97 Å². The van der Waals surface area contributed by atoms with Crippen LogP contribution >= 0.6 is 0 Å². The van der Waals surface area contributed by atoms with Crippen LogP contribution in [0, 0.1) is 0 Å². The van der Waals surface area contributed by atoms with Crippen molar-refractivity contribution in [2.75, 3.05) is 12.4 Å². The van der Waals surface area contributed by atoms with Crippen molar-refractivity contribution in [3.8, 4) is 0 Å². The lowest BCUT2D eigenvalue weighted by Crippen LogP contribution is -2.14. The standard InChI is InChI=1S/C20H19N3O4/c1-27-10-18-22-17-8-12-4-7-16(14(12)9-15(17)19(24)23-18)21-13-5-2-11(3-6-13)20(25)26/h2-3,5-6,8-9,16,21H,4,7,10H2,1H3,(H,25,26)(H,22,23,24)/t16-/m1/s1. The molecule has 3 aromatic rings. The van der Waals surface area contributed by atoms with Gasteiger partial charge in [0.1, 0.15) is 12.4 Å². The number of fused-ring (bicyclic) bond motifs is 2. The summed E-state index contributed by atoms with van der Waals surface area (Å²) in [5.74, 6) is -0.431. The van der Waals surface area contributed by atoms with E-state index >= 15 is 0 Å². The molecule has 0 unspecified atom stereocenters. The number of aromatic amines is 1. The van der Waals surface area contributed by atoms with E-state index in [0.29, 0.717) is 16.7 Å². The molecule has 4 rings (SSSR count). The first-order valence-corrected chi connectivity index (χ1v) is 8.69. The predicted octanol–water partition coefficient (Wildman–Crippen LogP) is 2.87. The number of nitrogens with one attached hydrogen (secondary N) is 2. The lowest BCUT2D eigenvalue weighted by atomic mass is 10.0. The monoisotopic (exact) mass is 365 g/mol. The highest BCUT2D eigenvalue weighted by Gasteiger charge is 2.24. The lowest BCUT2D eigenvalue weighted by molar-refractivity contribution is 0.0697. The van der Waals surface area contributed by atoms with Crippen molar-refractivity contribution in [3.63, 3.8) is 0 Å². The summed E-state index contributed by atoms with van der Waals surface area (Å²) in [4.78, 5) is 30.6. The van der Waals surface area contributed by atoms with Gasteiger partial charge in [-0.25, -0.2) is 9.78 Å². The summed E-state index contributed by atoms with van der Waals surface area (Å²) in [6.07, 6.45) is 1.79. The van der Waals surface area contributed by atoms with Crippen LogP contribution in [0.3, 0.4) is 0 Å². The van der Waals surface area contributed by atoms with Crippen molar-refractivity contribution in [2.45, 2.75) is 25.5 Å². The van der Waals surface area contributed by atoms with Gasteiger partial charge in [0.05, 0.1) is 22.5 Å². The number of rotatable bonds is 5. The molecule has 1 atom stereocenters. The normalized spacial score (nSPS) is 15.7. The zero-order valence-corrected chi connectivity index (χ0v) is 14.8. The molecule has 1 aliphatic rings. The van der Waals surface area contributed by atoms with E-state index in [-0.39, 0.29) is 23.8 Å². The second kappa shape index (κ2) is 6.85. The number of H-pyrrole nitrogens is 1. The average Bonchev–Trinajstić information content (AvgIpc) is 3.03. The Bertz CT molecular complexity index is 1070. The Morgan fingerprint density at radius 3 is 2.81 bits per heavy atom. The summed E-state index contributed by atoms with van der Waals surface area (Å²) < 4.78 is 5.05. The van der Waals surface area contributed by atoms with E-state index in [0.717, 1.165) is 24.1 Å². The number of carboxylic acid groups (broad SMARTS) is 1. The molecule has 1 heterocycles. The molecule has 0 spiro atoms. The van der Waals surface area contributed by atoms with Gasteiger partial charge in [0.15, 0.2) is 0 Å². The number of aromatic nitrogens is 2. The van der Waals surface area contributed by atoms with Crippen molar-refractivity contribution >= 4 is 22.6 Å². The van der Waals surface area contributed by atoms with Crippen LogP contribution in [0.2, 0.25) is 0 Å². The molecule has 27 heavy (non-hydrogen) atoms. The molecule has 0 saturated heterocycles. The van der Waals surface area contributed by atoms with E-state index < -0.39 is 5.97 Å². The van der Waals surface area contributed by atoms with Crippen molar-refractivity contribution in [2.24, 2.45) is 0 Å². The third-order valence-corrected chi connectivity index (χ3v) is 4.85. The molecule has 138 valence electrons. The fraction of sp³-hybridized carbons (Fsp3) is 0.250. The highest BCUT2D eigenvalue weighted by molar-refractivity contribution is 5.88. The number of anilines is 1. The fourth-order valence-electron chi connectivity index (χ4n) is 3.56. The number of carbonyl (C=O) groups is 1. The highest BCUT2D eigenvalue weighted by atomic mass is 16.5. The van der Waals surface area contributed by atoms with Gasteiger partial charge in [0.2, 0.25) is 0 Å². The minimum atomic E-state index is -0.946. The molecule has 0 bridgehead atoms. The van der Waals surface area contributed by atoms with Gasteiger partial charge < -0.3 is 20.1 Å². The predicted molar refractivity (Wildman–Crippen MR) is 101 cm³/mol. The number of ether oxygens (including phenoxy) is 1. The van der Waals surface area contributed by atoms with Crippen LogP contribution in [0.5, 0.6) is 0 Å². The largest absolute Gasteiger partial charge is 0.478 e. The molecule has 7 nitrogen and oxygen atoms in total. The van der Waals surface area contributed by atoms with Crippen LogP contribution in [0.25, 0.3) is 10.9 Å². The SMILES string of the molecule is COCc1nc2cc3c(cc2c(=O)[nH]1)[C@H](Nc1ccc(C(=O)O)cc1)CC3. The molecular weight excluding hydrogens is 346 g/mol. The number of methoxy groups -OCH3 is 1. The second-order valence-corrected chi connectivity index (χ2v) is 6.63. The fourth-order valence-corrected chi connectivity index (χ4v) is 3.56. The zero-order valence-electron chi connectivity index (χ0n) is 14.8. The van der Waals surface area contributed by atoms with Gasteiger partial charge in [-0.05, 0) is 60.4 Å². The Hall–Kier alpha value is -3.19. The minimum Gasteiger partial charge on any atom is -0.478 e. The Kier molecular flexibility index (Phi) is 4.37. The third kappa shape index (κ3) is 3.29. The van der Waals surface area contributed by atoms with Crippen molar-refractivity contribution in [3.05, 3.63) is 69.3 Å². The quantitative estimate of drug-likeness (QED) is 0.642. The summed E-state index contributed by atoms with van der Waals surface area (Å²) in [7, 11) is 1.56. The Morgan fingerprint density at radius 1 is 1.33 bits per heavy atom. The van der Waals surface area contributed by atoms with Gasteiger partial charge in [-0.2, -0.15) is 0 Å². The second-order valence-electron chi connectivity index (χ2n) is 6.63. The highest BCUT2D eigenvalue weighted by Crippen LogP contribution is 2.35. The summed E-state index contributed by atoms with van der Waals surface area (Å²) in [5.41, 5.74) is 3.85. The van der Waals surface area contributed by atoms with E-state index in [1.165, 1.54) is 5.56 Å². The Morgan fingerprint density at radius 2 is 2.11 bits per heavy atom. The Labute approximate surface area is 155 Å². The number of benzene rings is 2. The molecule has 0 aliphatic heterocycles. The topological polar surface area (TPSA) is 104 Å². The van der Waals surface area contributed by atoms with Crippen LogP contribution in [0.15, 0.2) is 41.2 Å². The number of hydrogen-bond donors (Lipinski definition) is 3. The molecule has 0 radical (unpaired) electrons. The molecule has 3 N–H and O–H groups in total. The third-order valence-electron chi connectivity index (χ3n) is 4.85. The first kappa shape index (κ1) is 17.2. The summed E-state index contributed by atoms with van der Waals surface area (Å²) >= 11 is 0. The van der Waals surface area contributed by atoms with E-state index in [4.69, 9.17) is 9.84 Å². The molecule has 7 heteroatoms. The van der Waals surface area contributed by atoms with Gasteiger partial charge in [-0.3, -0.25) is 4.79 Å². The molecular formula is C20H19N3O4. The first-order valence-electron chi connectivity index (χ1n) is 8.69. The van der Waals surface area contributed by atoms with Gasteiger partial charge in [0.25, 0.3) is 5.56 Å². The van der Waals surface area contributed by atoms with Crippen LogP contribution in [-0.4, -0.2) is 28.2 Å².